The number of benzene rings is 2. The summed E-state index contributed by atoms with van der Waals surface area (Å²) in [4.78, 5) is 19.5. The largest absolute Gasteiger partial charge is 0.496 e. The summed E-state index contributed by atoms with van der Waals surface area (Å²) < 4.78 is 11.4. The Morgan fingerprint density at radius 1 is 0.969 bits per heavy atom. The van der Waals surface area contributed by atoms with E-state index in [-0.39, 0.29) is 12.0 Å². The third kappa shape index (κ3) is 5.18. The normalized spacial score (nSPS) is 16.9. The quantitative estimate of drug-likeness (QED) is 0.625. The number of ether oxygens (including phenoxy) is 2. The van der Waals surface area contributed by atoms with Gasteiger partial charge in [-0.05, 0) is 57.5 Å². The van der Waals surface area contributed by atoms with Gasteiger partial charge in [0.15, 0.2) is 0 Å². The molecule has 2 aromatic carbocycles. The van der Waals surface area contributed by atoms with Gasteiger partial charge in [-0.25, -0.2) is 0 Å². The van der Waals surface area contributed by atoms with E-state index < -0.39 is 0 Å². The van der Waals surface area contributed by atoms with Gasteiger partial charge < -0.3 is 19.3 Å². The Balaban J connectivity index is 1.28. The van der Waals surface area contributed by atoms with Crippen molar-refractivity contribution in [1.82, 2.24) is 4.90 Å². The van der Waals surface area contributed by atoms with E-state index in [4.69, 9.17) is 9.47 Å². The van der Waals surface area contributed by atoms with E-state index >= 15 is 0 Å². The molecule has 2 heterocycles. The second-order valence-corrected chi connectivity index (χ2v) is 8.85. The second kappa shape index (κ2) is 10.3. The molecule has 0 atom stereocenters. The van der Waals surface area contributed by atoms with Crippen molar-refractivity contribution in [2.45, 2.75) is 39.2 Å². The number of piperazine rings is 1. The summed E-state index contributed by atoms with van der Waals surface area (Å²) in [6.07, 6.45) is 2.48. The lowest BCUT2D eigenvalue weighted by Crippen LogP contribution is -2.47. The maximum Gasteiger partial charge on any atom is 0.227 e. The zero-order valence-electron chi connectivity index (χ0n) is 19.5. The molecule has 0 saturated carbocycles. The van der Waals surface area contributed by atoms with Gasteiger partial charge in [0, 0.05) is 56.5 Å². The van der Waals surface area contributed by atoms with Crippen molar-refractivity contribution in [2.75, 3.05) is 56.2 Å². The number of carbonyl (C=O) groups is 1. The molecule has 2 aliphatic heterocycles. The van der Waals surface area contributed by atoms with Gasteiger partial charge in [0.1, 0.15) is 11.5 Å². The molecule has 0 spiro atoms. The first-order valence-corrected chi connectivity index (χ1v) is 11.8. The summed E-state index contributed by atoms with van der Waals surface area (Å²) in [5, 5.41) is 0. The molecule has 1 saturated heterocycles. The Morgan fingerprint density at radius 3 is 2.50 bits per heavy atom. The molecule has 2 aromatic rings. The minimum atomic E-state index is 0.182. The van der Waals surface area contributed by atoms with Gasteiger partial charge in [-0.2, -0.15) is 0 Å². The first-order chi connectivity index (χ1) is 15.5. The van der Waals surface area contributed by atoms with Crippen LogP contribution in [0.4, 0.5) is 11.4 Å². The van der Waals surface area contributed by atoms with Crippen LogP contribution in [-0.4, -0.2) is 63.3 Å². The molecule has 0 radical (unpaired) electrons. The average Bonchev–Trinajstić information content (AvgIpc) is 2.80. The molecule has 6 heteroatoms. The van der Waals surface area contributed by atoms with Crippen LogP contribution in [0.15, 0.2) is 42.5 Å². The SMILES string of the molecule is COc1cccc2c1CCC(=O)N2CCCN1CCN(c2cccc(OC(C)C)c2)CC1. The predicted molar refractivity (Wildman–Crippen MR) is 129 cm³/mol. The molecule has 32 heavy (non-hydrogen) atoms. The lowest BCUT2D eigenvalue weighted by molar-refractivity contribution is -0.118. The number of methoxy groups -OCH3 is 1. The number of hydrogen-bond acceptors (Lipinski definition) is 5. The van der Waals surface area contributed by atoms with Crippen LogP contribution >= 0.6 is 0 Å². The van der Waals surface area contributed by atoms with Crippen LogP contribution in [0.5, 0.6) is 11.5 Å². The molecule has 0 unspecified atom stereocenters. The van der Waals surface area contributed by atoms with Crippen LogP contribution < -0.4 is 19.3 Å². The third-order valence-corrected chi connectivity index (χ3v) is 6.29. The minimum Gasteiger partial charge on any atom is -0.496 e. The van der Waals surface area contributed by atoms with E-state index in [9.17, 15) is 4.79 Å². The predicted octanol–water partition coefficient (Wildman–Crippen LogP) is 3.97. The molecule has 0 bridgehead atoms. The summed E-state index contributed by atoms with van der Waals surface area (Å²) in [6, 6.07) is 14.4. The smallest absolute Gasteiger partial charge is 0.227 e. The Kier molecular flexibility index (Phi) is 7.20. The number of hydrogen-bond donors (Lipinski definition) is 0. The monoisotopic (exact) mass is 437 g/mol. The molecule has 1 amide bonds. The van der Waals surface area contributed by atoms with Gasteiger partial charge in [0.2, 0.25) is 5.91 Å². The van der Waals surface area contributed by atoms with E-state index in [1.165, 1.54) is 5.69 Å². The summed E-state index contributed by atoms with van der Waals surface area (Å²) in [6.45, 7) is 9.96. The lowest BCUT2D eigenvalue weighted by atomic mass is 10.00. The van der Waals surface area contributed by atoms with Crippen LogP contribution in [0, 0.1) is 0 Å². The van der Waals surface area contributed by atoms with Crippen LogP contribution in [0.25, 0.3) is 0 Å². The van der Waals surface area contributed by atoms with Gasteiger partial charge in [0.25, 0.3) is 0 Å². The van der Waals surface area contributed by atoms with Crippen molar-refractivity contribution >= 4 is 17.3 Å². The van der Waals surface area contributed by atoms with Crippen LogP contribution in [0.3, 0.4) is 0 Å². The maximum atomic E-state index is 12.6. The number of fused-ring (bicyclic) bond motifs is 1. The van der Waals surface area contributed by atoms with Gasteiger partial charge in [-0.1, -0.05) is 12.1 Å². The molecule has 4 rings (SSSR count). The zero-order chi connectivity index (χ0) is 22.5. The second-order valence-electron chi connectivity index (χ2n) is 8.85. The van der Waals surface area contributed by atoms with Crippen LogP contribution in [0.1, 0.15) is 32.3 Å². The molecule has 6 nitrogen and oxygen atoms in total. The highest BCUT2D eigenvalue weighted by atomic mass is 16.5. The van der Waals surface area contributed by atoms with Crippen molar-refractivity contribution in [2.24, 2.45) is 0 Å². The van der Waals surface area contributed by atoms with Gasteiger partial charge >= 0.3 is 0 Å². The molecular formula is C26H35N3O3. The van der Waals surface area contributed by atoms with Gasteiger partial charge in [-0.15, -0.1) is 0 Å². The number of rotatable bonds is 8. The topological polar surface area (TPSA) is 45.2 Å². The van der Waals surface area contributed by atoms with Crippen molar-refractivity contribution < 1.29 is 14.3 Å². The molecule has 1 fully saturated rings. The summed E-state index contributed by atoms with van der Waals surface area (Å²) >= 11 is 0. The van der Waals surface area contributed by atoms with E-state index in [0.717, 1.165) is 74.9 Å². The fraction of sp³-hybridized carbons (Fsp3) is 0.500. The summed E-state index contributed by atoms with van der Waals surface area (Å²) in [5.74, 6) is 2.04. The van der Waals surface area contributed by atoms with Gasteiger partial charge in [-0.3, -0.25) is 9.69 Å². The summed E-state index contributed by atoms with van der Waals surface area (Å²) in [7, 11) is 1.70. The van der Waals surface area contributed by atoms with Crippen LogP contribution in [0.2, 0.25) is 0 Å². The molecule has 0 aliphatic carbocycles. The Morgan fingerprint density at radius 2 is 1.75 bits per heavy atom. The Labute approximate surface area is 191 Å². The van der Waals surface area contributed by atoms with Crippen molar-refractivity contribution in [3.63, 3.8) is 0 Å². The lowest BCUT2D eigenvalue weighted by Gasteiger charge is -2.37. The van der Waals surface area contributed by atoms with Crippen molar-refractivity contribution in [3.8, 4) is 11.5 Å². The summed E-state index contributed by atoms with van der Waals surface area (Å²) in [5.41, 5.74) is 3.41. The van der Waals surface area contributed by atoms with Crippen LogP contribution in [-0.2, 0) is 11.2 Å². The molecule has 0 N–H and O–H groups in total. The first kappa shape index (κ1) is 22.5. The van der Waals surface area contributed by atoms with Gasteiger partial charge in [0.05, 0.1) is 18.9 Å². The Hall–Kier alpha value is -2.73. The fourth-order valence-electron chi connectivity index (χ4n) is 4.70. The number of nitrogens with zero attached hydrogens (tertiary/aromatic N) is 3. The zero-order valence-corrected chi connectivity index (χ0v) is 19.5. The highest BCUT2D eigenvalue weighted by Gasteiger charge is 2.26. The number of anilines is 2. The highest BCUT2D eigenvalue weighted by molar-refractivity contribution is 5.96. The highest BCUT2D eigenvalue weighted by Crippen LogP contribution is 2.34. The average molecular weight is 438 g/mol. The molecule has 2 aliphatic rings. The Bertz CT molecular complexity index is 922. The van der Waals surface area contributed by atoms with E-state index in [1.807, 2.05) is 29.2 Å². The maximum absolute atomic E-state index is 12.6. The third-order valence-electron chi connectivity index (χ3n) is 6.29. The number of carbonyl (C=O) groups excluding carboxylic acids is 1. The van der Waals surface area contributed by atoms with E-state index in [2.05, 4.69) is 41.8 Å². The minimum absolute atomic E-state index is 0.182. The number of amides is 1. The van der Waals surface area contributed by atoms with Crippen molar-refractivity contribution in [1.29, 1.82) is 0 Å². The molecular weight excluding hydrogens is 402 g/mol. The standard InChI is InChI=1S/C26H35N3O3/c1-20(2)32-22-8-4-7-21(19-22)28-17-15-27(16-18-28)13-6-14-29-24-9-5-10-25(31-3)23(24)11-12-26(29)30/h4-5,7-10,19-20H,6,11-18H2,1-3H3. The van der Waals surface area contributed by atoms with Crippen molar-refractivity contribution in [3.05, 3.63) is 48.0 Å². The fourth-order valence-corrected chi connectivity index (χ4v) is 4.70. The molecule has 172 valence electrons. The van der Waals surface area contributed by atoms with E-state index in [0.29, 0.717) is 6.42 Å². The van der Waals surface area contributed by atoms with E-state index in [1.54, 1.807) is 7.11 Å². The molecule has 0 aromatic heterocycles. The first-order valence-electron chi connectivity index (χ1n) is 11.8.